The van der Waals surface area contributed by atoms with E-state index in [1.807, 2.05) is 31.2 Å². The van der Waals surface area contributed by atoms with Crippen molar-refractivity contribution in [3.8, 4) is 5.75 Å². The van der Waals surface area contributed by atoms with E-state index in [9.17, 15) is 26.4 Å². The molecule has 0 radical (unpaired) electrons. The summed E-state index contributed by atoms with van der Waals surface area (Å²) in [6, 6.07) is 7.80. The molecule has 1 aromatic rings. The molecule has 0 saturated carbocycles. The van der Waals surface area contributed by atoms with Crippen LogP contribution in [-0.4, -0.2) is 143 Å². The fourth-order valence-corrected chi connectivity index (χ4v) is 10.9. The minimum atomic E-state index is -3.91. The SMILES string of the molecule is CC(C)(C)OC(=O)C1(S(=O)(=O)N2CCNCC2)CCOCC1.CCOc1ccc(N2CCN(S(=O)(=O)C3(C(=O)OC(C)(C)C)CCOCC3)CC2)cc1. The molecule has 302 valence electrons. The van der Waals surface area contributed by atoms with E-state index in [1.165, 1.54) is 8.61 Å². The van der Waals surface area contributed by atoms with Crippen molar-refractivity contribution in [2.24, 2.45) is 0 Å². The highest BCUT2D eigenvalue weighted by Crippen LogP contribution is 2.37. The summed E-state index contributed by atoms with van der Waals surface area (Å²) >= 11 is 0. The molecule has 1 N–H and O–H groups in total. The van der Waals surface area contributed by atoms with Crippen molar-refractivity contribution in [3.63, 3.8) is 0 Å². The number of benzene rings is 1. The largest absolute Gasteiger partial charge is 0.494 e. The van der Waals surface area contributed by atoms with Crippen LogP contribution in [0, 0.1) is 0 Å². The molecule has 15 nitrogen and oxygen atoms in total. The molecular formula is C36H60N4O11S2. The number of anilines is 1. The van der Waals surface area contributed by atoms with Crippen molar-refractivity contribution >= 4 is 37.7 Å². The zero-order valence-corrected chi connectivity index (χ0v) is 34.1. The molecule has 0 aliphatic carbocycles. The third-order valence-electron chi connectivity index (χ3n) is 9.64. The number of hydrogen-bond donors (Lipinski definition) is 1. The van der Waals surface area contributed by atoms with Gasteiger partial charge in [0.25, 0.3) is 0 Å². The first-order chi connectivity index (χ1) is 24.8. The topological polar surface area (TPSA) is 170 Å². The predicted octanol–water partition coefficient (Wildman–Crippen LogP) is 2.54. The summed E-state index contributed by atoms with van der Waals surface area (Å²) in [5, 5.41) is 3.12. The highest BCUT2D eigenvalue weighted by atomic mass is 32.2. The average molecular weight is 789 g/mol. The number of carbonyl (C=O) groups is 2. The van der Waals surface area contributed by atoms with Gasteiger partial charge in [-0.15, -0.1) is 0 Å². The normalized spacial score (nSPS) is 21.8. The zero-order valence-electron chi connectivity index (χ0n) is 32.5. The van der Waals surface area contributed by atoms with Gasteiger partial charge < -0.3 is 33.9 Å². The summed E-state index contributed by atoms with van der Waals surface area (Å²) in [7, 11) is -7.69. The Bertz CT molecular complexity index is 1580. The molecule has 4 heterocycles. The van der Waals surface area contributed by atoms with Crippen molar-refractivity contribution in [1.82, 2.24) is 13.9 Å². The summed E-state index contributed by atoms with van der Waals surface area (Å²) in [5.74, 6) is -0.509. The van der Waals surface area contributed by atoms with Crippen LogP contribution in [0.1, 0.15) is 74.1 Å². The molecule has 0 bridgehead atoms. The Labute approximate surface area is 316 Å². The van der Waals surface area contributed by atoms with Crippen molar-refractivity contribution in [3.05, 3.63) is 24.3 Å². The van der Waals surface area contributed by atoms with Crippen LogP contribution in [0.3, 0.4) is 0 Å². The monoisotopic (exact) mass is 788 g/mol. The molecule has 0 unspecified atom stereocenters. The van der Waals surface area contributed by atoms with Crippen molar-refractivity contribution < 1.29 is 50.1 Å². The second kappa shape index (κ2) is 17.5. The van der Waals surface area contributed by atoms with E-state index >= 15 is 0 Å². The van der Waals surface area contributed by atoms with E-state index in [0.29, 0.717) is 59.0 Å². The Hall–Kier alpha value is -2.54. The molecule has 1 aromatic carbocycles. The molecule has 5 rings (SSSR count). The smallest absolute Gasteiger partial charge is 0.329 e. The van der Waals surface area contributed by atoms with Gasteiger partial charge in [0.05, 0.1) is 6.61 Å². The first-order valence-electron chi connectivity index (χ1n) is 18.6. The molecule has 0 atom stereocenters. The predicted molar refractivity (Wildman–Crippen MR) is 201 cm³/mol. The maximum Gasteiger partial charge on any atom is 0.329 e. The van der Waals surface area contributed by atoms with Crippen LogP contribution in [0.2, 0.25) is 0 Å². The summed E-state index contributed by atoms with van der Waals surface area (Å²) in [4.78, 5) is 28.0. The maximum atomic E-state index is 13.7. The van der Waals surface area contributed by atoms with Gasteiger partial charge in [-0.2, -0.15) is 8.61 Å². The summed E-state index contributed by atoms with van der Waals surface area (Å²) in [6.45, 7) is 17.7. The first-order valence-corrected chi connectivity index (χ1v) is 21.5. The molecular weight excluding hydrogens is 729 g/mol. The van der Waals surface area contributed by atoms with Gasteiger partial charge in [-0.1, -0.05) is 0 Å². The van der Waals surface area contributed by atoms with Crippen LogP contribution >= 0.6 is 0 Å². The standard InChI is InChI=1S/C22H34N2O6S.C14H26N2O5S/c1-5-29-19-8-6-18(7-9-19)23-12-14-24(15-13-23)31(26,27)22(10-16-28-17-11-22)20(25)30-21(2,3)4;1-13(2,3)21-12(17)14(4-10-20-11-5-14)22(18,19)16-8-6-15-7-9-16/h6-9H,5,10-17H2,1-4H3;15H,4-11H2,1-3H3. The van der Waals surface area contributed by atoms with Crippen LogP contribution in [0.15, 0.2) is 24.3 Å². The summed E-state index contributed by atoms with van der Waals surface area (Å²) in [6.07, 6.45) is 0.523. The lowest BCUT2D eigenvalue weighted by molar-refractivity contribution is -0.162. The number of hydrogen-bond acceptors (Lipinski definition) is 13. The molecule has 4 fully saturated rings. The number of esters is 2. The van der Waals surface area contributed by atoms with Gasteiger partial charge in [-0.3, -0.25) is 9.59 Å². The number of piperazine rings is 2. The van der Waals surface area contributed by atoms with Gasteiger partial charge in [0, 0.05) is 110 Å². The maximum absolute atomic E-state index is 13.7. The van der Waals surface area contributed by atoms with E-state index in [4.69, 9.17) is 23.7 Å². The lowest BCUT2D eigenvalue weighted by atomic mass is 9.99. The third kappa shape index (κ3) is 10.2. The number of rotatable bonds is 9. The Morgan fingerprint density at radius 3 is 1.45 bits per heavy atom. The molecule has 0 aromatic heterocycles. The lowest BCUT2D eigenvalue weighted by Gasteiger charge is -2.42. The second-order valence-electron chi connectivity index (χ2n) is 15.7. The van der Waals surface area contributed by atoms with Crippen LogP contribution in [0.25, 0.3) is 0 Å². The molecule has 4 saturated heterocycles. The minimum Gasteiger partial charge on any atom is -0.494 e. The number of nitrogens with one attached hydrogen (secondary N) is 1. The second-order valence-corrected chi connectivity index (χ2v) is 20.2. The Morgan fingerprint density at radius 2 is 1.08 bits per heavy atom. The van der Waals surface area contributed by atoms with Crippen molar-refractivity contribution in [2.45, 2.75) is 94.8 Å². The molecule has 0 spiro atoms. The van der Waals surface area contributed by atoms with E-state index in [-0.39, 0.29) is 52.1 Å². The number of sulfonamides is 2. The van der Waals surface area contributed by atoms with Crippen molar-refractivity contribution in [2.75, 3.05) is 90.3 Å². The minimum absolute atomic E-state index is 0.114. The average Bonchev–Trinajstić information content (AvgIpc) is 3.12. The summed E-state index contributed by atoms with van der Waals surface area (Å²) < 4.78 is 80.5. The van der Waals surface area contributed by atoms with Crippen LogP contribution in [-0.2, 0) is 48.6 Å². The van der Waals surface area contributed by atoms with E-state index in [1.54, 1.807) is 41.5 Å². The van der Waals surface area contributed by atoms with Crippen LogP contribution < -0.4 is 15.0 Å². The zero-order chi connectivity index (χ0) is 39.1. The fourth-order valence-electron chi connectivity index (χ4n) is 6.76. The lowest BCUT2D eigenvalue weighted by Crippen LogP contribution is -2.61. The van der Waals surface area contributed by atoms with E-state index < -0.39 is 52.7 Å². The van der Waals surface area contributed by atoms with Gasteiger partial charge in [-0.05, 0) is 72.7 Å². The van der Waals surface area contributed by atoms with Crippen molar-refractivity contribution in [1.29, 1.82) is 0 Å². The molecule has 53 heavy (non-hydrogen) atoms. The van der Waals surface area contributed by atoms with Crippen LogP contribution in [0.4, 0.5) is 5.69 Å². The Balaban J connectivity index is 0.000000251. The van der Waals surface area contributed by atoms with E-state index in [2.05, 4.69) is 10.2 Å². The molecule has 17 heteroatoms. The number of carbonyl (C=O) groups excluding carboxylic acids is 2. The fraction of sp³-hybridized carbons (Fsp3) is 0.778. The molecule has 0 amide bonds. The van der Waals surface area contributed by atoms with Gasteiger partial charge in [0.2, 0.25) is 20.0 Å². The van der Waals surface area contributed by atoms with Gasteiger partial charge in [0.1, 0.15) is 17.0 Å². The Morgan fingerprint density at radius 1 is 0.679 bits per heavy atom. The Kier molecular flexibility index (Phi) is 14.3. The highest BCUT2D eigenvalue weighted by Gasteiger charge is 2.57. The summed E-state index contributed by atoms with van der Waals surface area (Å²) in [5.41, 5.74) is -0.459. The highest BCUT2D eigenvalue weighted by molar-refractivity contribution is 7.91. The van der Waals surface area contributed by atoms with Gasteiger partial charge >= 0.3 is 11.9 Å². The van der Waals surface area contributed by atoms with Gasteiger partial charge in [-0.25, -0.2) is 16.8 Å². The number of nitrogens with zero attached hydrogens (tertiary/aromatic N) is 3. The van der Waals surface area contributed by atoms with Crippen LogP contribution in [0.5, 0.6) is 5.75 Å². The van der Waals surface area contributed by atoms with E-state index in [0.717, 1.165) is 11.4 Å². The quantitative estimate of drug-likeness (QED) is 0.363. The van der Waals surface area contributed by atoms with Gasteiger partial charge in [0.15, 0.2) is 9.49 Å². The molecule has 4 aliphatic heterocycles. The number of ether oxygens (including phenoxy) is 5. The molecule has 4 aliphatic rings. The third-order valence-corrected chi connectivity index (χ3v) is 14.9. The first kappa shape index (κ1) is 43.2.